The molecule has 1 N–H and O–H groups in total. The summed E-state index contributed by atoms with van der Waals surface area (Å²) < 4.78 is 5.91. The van der Waals surface area contributed by atoms with E-state index in [1.165, 1.54) is 32.1 Å². The fraction of sp³-hybridized carbons (Fsp3) is 0.960. The molecule has 2 saturated heterocycles. The van der Waals surface area contributed by atoms with Crippen molar-refractivity contribution in [2.75, 3.05) is 13.2 Å². The molecule has 2 heterocycles. The highest BCUT2D eigenvalue weighted by molar-refractivity contribution is 5.82. The van der Waals surface area contributed by atoms with Crippen molar-refractivity contribution >= 4 is 5.91 Å². The van der Waals surface area contributed by atoms with Crippen molar-refractivity contribution in [3.63, 3.8) is 0 Å². The average Bonchev–Trinajstić information content (AvgIpc) is 2.73. The highest BCUT2D eigenvalue weighted by Crippen LogP contribution is 2.63. The normalized spacial score (nSPS) is 50.2. The van der Waals surface area contributed by atoms with Crippen LogP contribution in [0.25, 0.3) is 0 Å². The number of piperidine rings is 1. The topological polar surface area (TPSA) is 49.8 Å². The van der Waals surface area contributed by atoms with Gasteiger partial charge < -0.3 is 14.7 Å². The van der Waals surface area contributed by atoms with Gasteiger partial charge in [0.2, 0.25) is 0 Å². The van der Waals surface area contributed by atoms with Crippen molar-refractivity contribution in [1.29, 1.82) is 0 Å². The van der Waals surface area contributed by atoms with Crippen molar-refractivity contribution in [2.45, 2.75) is 109 Å². The quantitative estimate of drug-likeness (QED) is 0.699. The van der Waals surface area contributed by atoms with Crippen LogP contribution >= 0.6 is 0 Å². The SMILES string of the molecule is CC12CCC(O)CC1CCC1C2CCC2(C)C1CCCN2C(=O)C1CCCCO1. The minimum Gasteiger partial charge on any atom is -0.393 e. The largest absolute Gasteiger partial charge is 0.393 e. The lowest BCUT2D eigenvalue weighted by Crippen LogP contribution is -2.66. The van der Waals surface area contributed by atoms with E-state index in [4.69, 9.17) is 4.74 Å². The predicted octanol–water partition coefficient (Wildman–Crippen LogP) is 4.54. The number of carbonyl (C=O) groups excluding carboxylic acids is 1. The Balaban J connectivity index is 1.38. The molecule has 0 aromatic rings. The Morgan fingerprint density at radius 3 is 2.62 bits per heavy atom. The van der Waals surface area contributed by atoms with Crippen LogP contribution in [0.1, 0.15) is 90.9 Å². The number of rotatable bonds is 1. The molecule has 29 heavy (non-hydrogen) atoms. The molecule has 4 nitrogen and oxygen atoms in total. The summed E-state index contributed by atoms with van der Waals surface area (Å²) in [6, 6.07) is 0. The Morgan fingerprint density at radius 2 is 1.83 bits per heavy atom. The molecule has 3 saturated carbocycles. The molecule has 5 fully saturated rings. The van der Waals surface area contributed by atoms with E-state index in [1.54, 1.807) is 0 Å². The van der Waals surface area contributed by atoms with Gasteiger partial charge in [0.1, 0.15) is 6.10 Å². The highest BCUT2D eigenvalue weighted by Gasteiger charge is 2.59. The number of carbonyl (C=O) groups is 1. The molecular formula is C25H41NO3. The van der Waals surface area contributed by atoms with Gasteiger partial charge in [-0.3, -0.25) is 4.79 Å². The van der Waals surface area contributed by atoms with Gasteiger partial charge in [0.05, 0.1) is 6.10 Å². The second kappa shape index (κ2) is 7.51. The van der Waals surface area contributed by atoms with Crippen LogP contribution in [-0.2, 0) is 9.53 Å². The molecule has 8 unspecified atom stereocenters. The lowest BCUT2D eigenvalue weighted by Gasteiger charge is -2.64. The number of aliphatic hydroxyl groups is 1. The smallest absolute Gasteiger partial charge is 0.252 e. The third-order valence-electron chi connectivity index (χ3n) is 10.2. The zero-order valence-electron chi connectivity index (χ0n) is 18.6. The van der Waals surface area contributed by atoms with Crippen LogP contribution in [0.3, 0.4) is 0 Å². The van der Waals surface area contributed by atoms with E-state index < -0.39 is 0 Å². The number of hydrogen-bond acceptors (Lipinski definition) is 3. The lowest BCUT2D eigenvalue weighted by molar-refractivity contribution is -0.176. The fourth-order valence-electron chi connectivity index (χ4n) is 8.59. The molecule has 4 heteroatoms. The highest BCUT2D eigenvalue weighted by atomic mass is 16.5. The maximum absolute atomic E-state index is 13.5. The number of likely N-dealkylation sites (tertiary alicyclic amines) is 1. The molecule has 0 spiro atoms. The second-order valence-corrected chi connectivity index (χ2v) is 11.5. The van der Waals surface area contributed by atoms with Crippen molar-refractivity contribution < 1.29 is 14.6 Å². The summed E-state index contributed by atoms with van der Waals surface area (Å²) in [6.45, 7) is 6.63. The van der Waals surface area contributed by atoms with Gasteiger partial charge in [0.25, 0.3) is 5.91 Å². The third-order valence-corrected chi connectivity index (χ3v) is 10.2. The monoisotopic (exact) mass is 403 g/mol. The molecular weight excluding hydrogens is 362 g/mol. The molecule has 1 amide bonds. The van der Waals surface area contributed by atoms with Crippen LogP contribution < -0.4 is 0 Å². The van der Waals surface area contributed by atoms with E-state index in [2.05, 4.69) is 18.7 Å². The first-order valence-electron chi connectivity index (χ1n) is 12.5. The lowest BCUT2D eigenvalue weighted by atomic mass is 9.45. The maximum Gasteiger partial charge on any atom is 0.252 e. The zero-order valence-corrected chi connectivity index (χ0v) is 18.6. The van der Waals surface area contributed by atoms with Crippen molar-refractivity contribution in [1.82, 2.24) is 4.90 Å². The van der Waals surface area contributed by atoms with Crippen LogP contribution in [0.2, 0.25) is 0 Å². The van der Waals surface area contributed by atoms with Crippen molar-refractivity contribution in [2.24, 2.45) is 29.1 Å². The average molecular weight is 404 g/mol. The minimum absolute atomic E-state index is 0.0225. The molecule has 2 aliphatic heterocycles. The van der Waals surface area contributed by atoms with Crippen LogP contribution in [-0.4, -0.2) is 46.8 Å². The van der Waals surface area contributed by atoms with Crippen LogP contribution in [0, 0.1) is 29.1 Å². The standard InChI is InChI=1S/C25H41NO3/c1-24-12-10-18(27)16-17(24)8-9-19-20(24)11-13-25(2)21(19)6-5-14-26(25)23(28)22-7-3-4-15-29-22/h17-22,27H,3-16H2,1-2H3. The van der Waals surface area contributed by atoms with Gasteiger partial charge in [-0.2, -0.15) is 0 Å². The summed E-state index contributed by atoms with van der Waals surface area (Å²) in [5, 5.41) is 10.3. The number of aliphatic hydroxyl groups excluding tert-OH is 1. The number of ether oxygens (including phenoxy) is 1. The fourth-order valence-corrected chi connectivity index (χ4v) is 8.59. The molecule has 0 aromatic carbocycles. The summed E-state index contributed by atoms with van der Waals surface area (Å²) in [4.78, 5) is 15.8. The number of hydrogen-bond donors (Lipinski definition) is 1. The van der Waals surface area contributed by atoms with Crippen LogP contribution in [0.5, 0.6) is 0 Å². The maximum atomic E-state index is 13.5. The number of nitrogens with zero attached hydrogens (tertiary/aromatic N) is 1. The molecule has 5 rings (SSSR count). The molecule has 164 valence electrons. The summed E-state index contributed by atoms with van der Waals surface area (Å²) in [6.07, 6.45) is 13.5. The van der Waals surface area contributed by atoms with Gasteiger partial charge in [-0.15, -0.1) is 0 Å². The van der Waals surface area contributed by atoms with E-state index in [9.17, 15) is 9.90 Å². The van der Waals surface area contributed by atoms with Gasteiger partial charge in [-0.25, -0.2) is 0 Å². The van der Waals surface area contributed by atoms with E-state index in [-0.39, 0.29) is 23.7 Å². The number of amides is 1. The van der Waals surface area contributed by atoms with Gasteiger partial charge in [0, 0.05) is 18.7 Å². The zero-order chi connectivity index (χ0) is 20.2. The molecule has 0 radical (unpaired) electrons. The Hall–Kier alpha value is -0.610. The van der Waals surface area contributed by atoms with Gasteiger partial charge >= 0.3 is 0 Å². The predicted molar refractivity (Wildman–Crippen MR) is 113 cm³/mol. The van der Waals surface area contributed by atoms with Crippen molar-refractivity contribution in [3.05, 3.63) is 0 Å². The Bertz CT molecular complexity index is 632. The Morgan fingerprint density at radius 1 is 0.966 bits per heavy atom. The molecule has 3 aliphatic carbocycles. The molecule has 8 atom stereocenters. The summed E-state index contributed by atoms with van der Waals surface area (Å²) >= 11 is 0. The van der Waals surface area contributed by atoms with E-state index >= 15 is 0 Å². The van der Waals surface area contributed by atoms with Crippen LogP contribution in [0.4, 0.5) is 0 Å². The van der Waals surface area contributed by atoms with Gasteiger partial charge in [-0.1, -0.05) is 6.92 Å². The molecule has 0 bridgehead atoms. The van der Waals surface area contributed by atoms with Gasteiger partial charge in [-0.05, 0) is 113 Å². The Kier molecular flexibility index (Phi) is 5.26. The van der Waals surface area contributed by atoms with Crippen molar-refractivity contribution in [3.8, 4) is 0 Å². The first-order chi connectivity index (χ1) is 13.9. The van der Waals surface area contributed by atoms with Crippen LogP contribution in [0.15, 0.2) is 0 Å². The number of fused-ring (bicyclic) bond motifs is 5. The molecule has 0 aromatic heterocycles. The second-order valence-electron chi connectivity index (χ2n) is 11.5. The summed E-state index contributed by atoms with van der Waals surface area (Å²) in [7, 11) is 0. The Labute approximate surface area is 176 Å². The van der Waals surface area contributed by atoms with E-state index in [0.29, 0.717) is 17.3 Å². The van der Waals surface area contributed by atoms with Gasteiger partial charge in [0.15, 0.2) is 0 Å². The van der Waals surface area contributed by atoms with E-state index in [0.717, 1.165) is 69.9 Å². The third kappa shape index (κ3) is 3.19. The first-order valence-corrected chi connectivity index (χ1v) is 12.5. The van der Waals surface area contributed by atoms with E-state index in [1.807, 2.05) is 0 Å². The summed E-state index contributed by atoms with van der Waals surface area (Å²) in [5.74, 6) is 3.18. The summed E-state index contributed by atoms with van der Waals surface area (Å²) in [5.41, 5.74) is 0.428. The molecule has 5 aliphatic rings. The first kappa shape index (κ1) is 20.3. The minimum atomic E-state index is -0.190.